The van der Waals surface area contributed by atoms with E-state index in [0.29, 0.717) is 31.5 Å². The molecule has 0 bridgehead atoms. The number of hydrogen-bond donors (Lipinski definition) is 2. The lowest BCUT2D eigenvalue weighted by Gasteiger charge is -2.34. The summed E-state index contributed by atoms with van der Waals surface area (Å²) in [6.45, 7) is 1.19. The van der Waals surface area contributed by atoms with Crippen molar-refractivity contribution in [3.63, 3.8) is 0 Å². The minimum Gasteiger partial charge on any atom is -0.475 e. The highest BCUT2D eigenvalue weighted by Gasteiger charge is 2.28. The number of piperidine rings is 1. The highest BCUT2D eigenvalue weighted by atomic mass is 35.5. The Morgan fingerprint density at radius 3 is 2.37 bits per heavy atom. The van der Waals surface area contributed by atoms with Crippen molar-refractivity contribution in [3.05, 3.63) is 58.3 Å². The molecule has 0 atom stereocenters. The minimum absolute atomic E-state index is 0.0771. The van der Waals surface area contributed by atoms with E-state index in [1.807, 2.05) is 6.07 Å². The van der Waals surface area contributed by atoms with Gasteiger partial charge in [0.05, 0.1) is 10.0 Å². The van der Waals surface area contributed by atoms with E-state index in [1.54, 1.807) is 18.2 Å². The maximum atomic E-state index is 12.8. The van der Waals surface area contributed by atoms with Gasteiger partial charge in [-0.25, -0.2) is 17.9 Å². The van der Waals surface area contributed by atoms with Gasteiger partial charge in [-0.3, -0.25) is 0 Å². The predicted octanol–water partition coefficient (Wildman–Crippen LogP) is 4.39. The number of carboxylic acids is 1. The minimum atomic E-state index is -3.86. The van der Waals surface area contributed by atoms with Crippen LogP contribution in [-0.4, -0.2) is 38.6 Å². The number of carbonyl (C=O) groups is 1. The highest BCUT2D eigenvalue weighted by molar-refractivity contribution is 7.89. The van der Waals surface area contributed by atoms with Gasteiger partial charge in [0, 0.05) is 36.3 Å². The zero-order valence-corrected chi connectivity index (χ0v) is 18.0. The number of benzene rings is 2. The second-order valence-corrected chi connectivity index (χ2v) is 9.50. The molecule has 4 rings (SSSR count). The Morgan fingerprint density at radius 1 is 1.10 bits per heavy atom. The summed E-state index contributed by atoms with van der Waals surface area (Å²) in [4.78, 5) is 13.2. The standard InChI is InChI=1S/C20H18Cl2N2O5S/c21-14-3-1-4-15(22)19(14)30(27,28)23-12-7-9-24(10-8-12)16-5-2-6-17-13(16)11-18(29-17)20(25)26/h1-6,11-12,23H,7-10H2,(H,25,26). The molecule has 2 aromatic carbocycles. The van der Waals surface area contributed by atoms with Crippen molar-refractivity contribution >= 4 is 55.9 Å². The molecule has 0 unspecified atom stereocenters. The van der Waals surface area contributed by atoms with Crippen LogP contribution in [-0.2, 0) is 10.0 Å². The van der Waals surface area contributed by atoms with Crippen LogP contribution in [0.3, 0.4) is 0 Å². The van der Waals surface area contributed by atoms with E-state index in [4.69, 9.17) is 27.6 Å². The summed E-state index contributed by atoms with van der Waals surface area (Å²) in [7, 11) is -3.86. The van der Waals surface area contributed by atoms with Crippen LogP contribution >= 0.6 is 23.2 Å². The van der Waals surface area contributed by atoms with Gasteiger partial charge in [0.15, 0.2) is 0 Å². The van der Waals surface area contributed by atoms with Gasteiger partial charge in [0.25, 0.3) is 0 Å². The van der Waals surface area contributed by atoms with Crippen molar-refractivity contribution in [3.8, 4) is 0 Å². The van der Waals surface area contributed by atoms with Crippen molar-refractivity contribution in [1.82, 2.24) is 4.72 Å². The van der Waals surface area contributed by atoms with E-state index >= 15 is 0 Å². The van der Waals surface area contributed by atoms with Crippen molar-refractivity contribution < 1.29 is 22.7 Å². The molecule has 158 valence electrons. The number of sulfonamides is 1. The Hall–Kier alpha value is -2.26. The van der Waals surface area contributed by atoms with Crippen LogP contribution in [0.1, 0.15) is 23.4 Å². The third kappa shape index (κ3) is 4.00. The first-order valence-electron chi connectivity index (χ1n) is 9.23. The van der Waals surface area contributed by atoms with E-state index in [9.17, 15) is 18.3 Å². The third-order valence-electron chi connectivity index (χ3n) is 5.09. The van der Waals surface area contributed by atoms with Crippen LogP contribution in [0.25, 0.3) is 11.0 Å². The summed E-state index contributed by atoms with van der Waals surface area (Å²) in [5.41, 5.74) is 1.36. The predicted molar refractivity (Wildman–Crippen MR) is 115 cm³/mol. The summed E-state index contributed by atoms with van der Waals surface area (Å²) >= 11 is 12.1. The lowest BCUT2D eigenvalue weighted by atomic mass is 10.0. The molecular weight excluding hydrogens is 451 g/mol. The lowest BCUT2D eigenvalue weighted by molar-refractivity contribution is 0.0665. The molecule has 1 aromatic heterocycles. The van der Waals surface area contributed by atoms with Crippen LogP contribution in [0.2, 0.25) is 10.0 Å². The van der Waals surface area contributed by atoms with Crippen LogP contribution in [0, 0.1) is 0 Å². The maximum Gasteiger partial charge on any atom is 0.371 e. The molecule has 3 aromatic rings. The molecular formula is C20H18Cl2N2O5S. The van der Waals surface area contributed by atoms with Gasteiger partial charge in [0.1, 0.15) is 10.5 Å². The maximum absolute atomic E-state index is 12.8. The Balaban J connectivity index is 1.50. The monoisotopic (exact) mass is 468 g/mol. The quantitative estimate of drug-likeness (QED) is 0.575. The van der Waals surface area contributed by atoms with Crippen molar-refractivity contribution in [2.75, 3.05) is 18.0 Å². The third-order valence-corrected chi connectivity index (χ3v) is 7.57. The van der Waals surface area contributed by atoms with Crippen LogP contribution in [0.15, 0.2) is 51.8 Å². The number of rotatable bonds is 5. The molecule has 7 nitrogen and oxygen atoms in total. The van der Waals surface area contributed by atoms with Crippen LogP contribution in [0.5, 0.6) is 0 Å². The average Bonchev–Trinajstić information content (AvgIpc) is 3.13. The molecule has 0 amide bonds. The largest absolute Gasteiger partial charge is 0.475 e. The Labute approximate surface area is 183 Å². The summed E-state index contributed by atoms with van der Waals surface area (Å²) in [5, 5.41) is 10.0. The summed E-state index contributed by atoms with van der Waals surface area (Å²) in [6.07, 6.45) is 1.14. The first-order chi connectivity index (χ1) is 14.3. The molecule has 0 saturated carbocycles. The number of carboxylic acid groups (broad SMARTS) is 1. The first kappa shape index (κ1) is 21.0. The zero-order valence-electron chi connectivity index (χ0n) is 15.6. The van der Waals surface area contributed by atoms with Gasteiger partial charge in [-0.05, 0) is 37.1 Å². The van der Waals surface area contributed by atoms with Crippen molar-refractivity contribution in [1.29, 1.82) is 0 Å². The lowest BCUT2D eigenvalue weighted by Crippen LogP contribution is -2.44. The fraction of sp³-hybridized carbons (Fsp3) is 0.250. The molecule has 2 heterocycles. The molecule has 0 spiro atoms. The van der Waals surface area contributed by atoms with Gasteiger partial charge in [-0.15, -0.1) is 0 Å². The van der Waals surface area contributed by atoms with Gasteiger partial charge in [-0.2, -0.15) is 0 Å². The topological polar surface area (TPSA) is 99.9 Å². The highest BCUT2D eigenvalue weighted by Crippen LogP contribution is 2.33. The van der Waals surface area contributed by atoms with Gasteiger partial charge in [0.2, 0.25) is 15.8 Å². The molecule has 0 radical (unpaired) electrons. The number of hydrogen-bond acceptors (Lipinski definition) is 5. The summed E-state index contributed by atoms with van der Waals surface area (Å²) in [5.74, 6) is -1.24. The van der Waals surface area contributed by atoms with E-state index in [0.717, 1.165) is 11.1 Å². The second-order valence-electron chi connectivity index (χ2n) is 7.04. The van der Waals surface area contributed by atoms with E-state index in [-0.39, 0.29) is 26.7 Å². The number of nitrogens with one attached hydrogen (secondary N) is 1. The van der Waals surface area contributed by atoms with E-state index < -0.39 is 16.0 Å². The van der Waals surface area contributed by atoms with Crippen LogP contribution in [0.4, 0.5) is 5.69 Å². The van der Waals surface area contributed by atoms with Gasteiger partial charge >= 0.3 is 5.97 Å². The van der Waals surface area contributed by atoms with E-state index in [1.165, 1.54) is 18.2 Å². The average molecular weight is 469 g/mol. The number of anilines is 1. The first-order valence-corrected chi connectivity index (χ1v) is 11.5. The smallest absolute Gasteiger partial charge is 0.371 e. The van der Waals surface area contributed by atoms with Crippen molar-refractivity contribution in [2.45, 2.75) is 23.8 Å². The zero-order chi connectivity index (χ0) is 21.5. The molecule has 1 aliphatic heterocycles. The molecule has 30 heavy (non-hydrogen) atoms. The molecule has 1 saturated heterocycles. The Bertz CT molecular complexity index is 1200. The molecule has 2 N–H and O–H groups in total. The summed E-state index contributed by atoms with van der Waals surface area (Å²) < 4.78 is 33.6. The number of fused-ring (bicyclic) bond motifs is 1. The van der Waals surface area contributed by atoms with Crippen molar-refractivity contribution in [2.24, 2.45) is 0 Å². The fourth-order valence-electron chi connectivity index (χ4n) is 3.68. The van der Waals surface area contributed by atoms with Gasteiger partial charge in [-0.1, -0.05) is 35.3 Å². The van der Waals surface area contributed by atoms with Gasteiger partial charge < -0.3 is 14.4 Å². The SMILES string of the molecule is O=C(O)c1cc2c(N3CCC(NS(=O)(=O)c4c(Cl)cccc4Cl)CC3)cccc2o1. The Morgan fingerprint density at radius 2 is 1.73 bits per heavy atom. The Kier molecular flexibility index (Phi) is 5.67. The second kappa shape index (κ2) is 8.11. The molecule has 10 heteroatoms. The molecule has 1 aliphatic rings. The number of aromatic carboxylic acids is 1. The fourth-order valence-corrected chi connectivity index (χ4v) is 6.13. The number of nitrogens with zero attached hydrogens (tertiary/aromatic N) is 1. The van der Waals surface area contributed by atoms with E-state index in [2.05, 4.69) is 9.62 Å². The normalized spacial score (nSPS) is 15.6. The number of halogens is 2. The molecule has 1 fully saturated rings. The number of furan rings is 1. The summed E-state index contributed by atoms with van der Waals surface area (Å²) in [6, 6.07) is 11.2. The van der Waals surface area contributed by atoms with Crippen LogP contribution < -0.4 is 9.62 Å². The molecule has 0 aliphatic carbocycles.